The zero-order valence-corrected chi connectivity index (χ0v) is 10.0. The summed E-state index contributed by atoms with van der Waals surface area (Å²) >= 11 is 0. The third-order valence-electron chi connectivity index (χ3n) is 3.36. The van der Waals surface area contributed by atoms with Gasteiger partial charge in [0, 0.05) is 6.04 Å². The van der Waals surface area contributed by atoms with Crippen LogP contribution in [-0.2, 0) is 4.79 Å². The number of phenolic OH excluding ortho intramolecular Hbond substituents is 1. The van der Waals surface area contributed by atoms with Gasteiger partial charge in [-0.25, -0.2) is 0 Å². The van der Waals surface area contributed by atoms with Crippen molar-refractivity contribution in [2.75, 3.05) is 0 Å². The fourth-order valence-electron chi connectivity index (χ4n) is 2.39. The number of nitrogens with one attached hydrogen (secondary N) is 1. The van der Waals surface area contributed by atoms with Crippen LogP contribution in [0.4, 0.5) is 0 Å². The van der Waals surface area contributed by atoms with Crippen LogP contribution in [0.1, 0.15) is 35.6 Å². The molecule has 1 aliphatic heterocycles. The van der Waals surface area contributed by atoms with Crippen LogP contribution in [0, 0.1) is 13.8 Å². The van der Waals surface area contributed by atoms with Crippen molar-refractivity contribution in [1.82, 2.24) is 5.32 Å². The van der Waals surface area contributed by atoms with E-state index in [-0.39, 0.29) is 6.04 Å². The minimum atomic E-state index is -0.792. The topological polar surface area (TPSA) is 69.6 Å². The molecule has 1 saturated heterocycles. The van der Waals surface area contributed by atoms with Crippen molar-refractivity contribution in [3.8, 4) is 5.75 Å². The lowest BCUT2D eigenvalue weighted by Crippen LogP contribution is -2.31. The van der Waals surface area contributed by atoms with Gasteiger partial charge in [-0.2, -0.15) is 0 Å². The number of aromatic hydroxyl groups is 1. The van der Waals surface area contributed by atoms with E-state index >= 15 is 0 Å². The minimum absolute atomic E-state index is 0.0779. The summed E-state index contributed by atoms with van der Waals surface area (Å²) in [5.41, 5.74) is 2.72. The van der Waals surface area contributed by atoms with Crippen LogP contribution in [-0.4, -0.2) is 22.2 Å². The van der Waals surface area contributed by atoms with Crippen molar-refractivity contribution < 1.29 is 15.0 Å². The summed E-state index contributed by atoms with van der Waals surface area (Å²) in [7, 11) is 0. The summed E-state index contributed by atoms with van der Waals surface area (Å²) in [6.07, 6.45) is 1.47. The Morgan fingerprint density at radius 2 is 1.88 bits per heavy atom. The average molecular weight is 235 g/mol. The average Bonchev–Trinajstić information content (AvgIpc) is 2.74. The van der Waals surface area contributed by atoms with Crippen LogP contribution in [0.5, 0.6) is 5.75 Å². The van der Waals surface area contributed by atoms with Crippen molar-refractivity contribution in [2.24, 2.45) is 0 Å². The minimum Gasteiger partial charge on any atom is -0.507 e. The molecule has 0 spiro atoms. The maximum absolute atomic E-state index is 10.9. The van der Waals surface area contributed by atoms with E-state index in [1.54, 1.807) is 0 Å². The summed E-state index contributed by atoms with van der Waals surface area (Å²) in [5.74, 6) is -0.471. The lowest BCUT2D eigenvalue weighted by Gasteiger charge is -2.15. The molecular weight excluding hydrogens is 218 g/mol. The predicted molar refractivity (Wildman–Crippen MR) is 64.1 cm³/mol. The first-order valence-electron chi connectivity index (χ1n) is 5.78. The number of phenols is 1. The second-order valence-corrected chi connectivity index (χ2v) is 4.69. The first kappa shape index (κ1) is 11.9. The quantitative estimate of drug-likeness (QED) is 0.732. The maximum Gasteiger partial charge on any atom is 0.320 e. The van der Waals surface area contributed by atoms with E-state index in [9.17, 15) is 9.90 Å². The normalized spacial score (nSPS) is 23.9. The number of benzene rings is 1. The van der Waals surface area contributed by atoms with E-state index in [1.165, 1.54) is 0 Å². The predicted octanol–water partition coefficient (Wildman–Crippen LogP) is 1.89. The van der Waals surface area contributed by atoms with Crippen LogP contribution in [0.3, 0.4) is 0 Å². The zero-order valence-electron chi connectivity index (χ0n) is 10.0. The lowest BCUT2D eigenvalue weighted by molar-refractivity contribution is -0.139. The Labute approximate surface area is 100 Å². The standard InChI is InChI=1S/C13H17NO3/c1-7-5-9(6-8(2)12(7)15)10-3-4-11(14-10)13(16)17/h5-6,10-11,14-15H,3-4H2,1-2H3,(H,16,17)/t10-,11+/m1/s1. The highest BCUT2D eigenvalue weighted by Crippen LogP contribution is 2.31. The molecule has 0 radical (unpaired) electrons. The Hall–Kier alpha value is -1.55. The van der Waals surface area contributed by atoms with Gasteiger partial charge < -0.3 is 10.2 Å². The van der Waals surface area contributed by atoms with Crippen LogP contribution < -0.4 is 5.32 Å². The summed E-state index contributed by atoms with van der Waals surface area (Å²) < 4.78 is 0. The molecule has 17 heavy (non-hydrogen) atoms. The van der Waals surface area contributed by atoms with E-state index in [4.69, 9.17) is 5.11 Å². The molecule has 0 unspecified atom stereocenters. The Morgan fingerprint density at radius 3 is 2.35 bits per heavy atom. The molecule has 1 fully saturated rings. The van der Waals surface area contributed by atoms with Crippen LogP contribution in [0.25, 0.3) is 0 Å². The number of aryl methyl sites for hydroxylation is 2. The Morgan fingerprint density at radius 1 is 1.29 bits per heavy atom. The highest BCUT2D eigenvalue weighted by molar-refractivity contribution is 5.74. The number of hydrogen-bond acceptors (Lipinski definition) is 3. The molecule has 0 amide bonds. The molecule has 1 aromatic rings. The molecule has 1 aromatic carbocycles. The molecule has 0 saturated carbocycles. The molecule has 4 heteroatoms. The molecular formula is C13H17NO3. The largest absolute Gasteiger partial charge is 0.507 e. The smallest absolute Gasteiger partial charge is 0.320 e. The van der Waals surface area contributed by atoms with Gasteiger partial charge in [-0.3, -0.25) is 10.1 Å². The SMILES string of the molecule is Cc1cc([C@H]2CC[C@@H](C(=O)O)N2)cc(C)c1O. The number of carboxylic acid groups (broad SMARTS) is 1. The second-order valence-electron chi connectivity index (χ2n) is 4.69. The van der Waals surface area contributed by atoms with Crippen molar-refractivity contribution in [3.63, 3.8) is 0 Å². The summed E-state index contributed by atoms with van der Waals surface area (Å²) in [6, 6.07) is 3.47. The molecule has 4 nitrogen and oxygen atoms in total. The number of hydrogen-bond donors (Lipinski definition) is 3. The summed E-state index contributed by atoms with van der Waals surface area (Å²) in [6.45, 7) is 3.71. The molecule has 0 aromatic heterocycles. The van der Waals surface area contributed by atoms with Crippen LogP contribution in [0.2, 0.25) is 0 Å². The van der Waals surface area contributed by atoms with Crippen molar-refractivity contribution in [3.05, 3.63) is 28.8 Å². The number of carbonyl (C=O) groups is 1. The van der Waals surface area contributed by atoms with E-state index in [0.29, 0.717) is 12.2 Å². The van der Waals surface area contributed by atoms with Gasteiger partial charge in [0.25, 0.3) is 0 Å². The first-order valence-corrected chi connectivity index (χ1v) is 5.78. The molecule has 1 heterocycles. The van der Waals surface area contributed by atoms with Gasteiger partial charge in [-0.05, 0) is 43.4 Å². The first-order chi connectivity index (χ1) is 7.99. The van der Waals surface area contributed by atoms with E-state index in [2.05, 4.69) is 5.32 Å². The molecule has 0 bridgehead atoms. The van der Waals surface area contributed by atoms with Gasteiger partial charge in [0.05, 0.1) is 0 Å². The molecule has 1 aliphatic rings. The Balaban J connectivity index is 2.22. The van der Waals surface area contributed by atoms with Crippen LogP contribution in [0.15, 0.2) is 12.1 Å². The van der Waals surface area contributed by atoms with Gasteiger partial charge in [0.2, 0.25) is 0 Å². The number of carboxylic acids is 1. The third kappa shape index (κ3) is 2.26. The molecule has 3 N–H and O–H groups in total. The van der Waals surface area contributed by atoms with Gasteiger partial charge in [0.1, 0.15) is 11.8 Å². The molecule has 0 aliphatic carbocycles. The Kier molecular flexibility index (Phi) is 3.07. The maximum atomic E-state index is 10.9. The summed E-state index contributed by atoms with van der Waals surface area (Å²) in [5, 5.41) is 21.7. The van der Waals surface area contributed by atoms with Gasteiger partial charge >= 0.3 is 5.97 Å². The van der Waals surface area contributed by atoms with Crippen molar-refractivity contribution >= 4 is 5.97 Å². The molecule has 2 rings (SSSR count). The van der Waals surface area contributed by atoms with Gasteiger partial charge in [-0.1, -0.05) is 12.1 Å². The molecule has 2 atom stereocenters. The van der Waals surface area contributed by atoms with Crippen molar-refractivity contribution in [1.29, 1.82) is 0 Å². The van der Waals surface area contributed by atoms with Gasteiger partial charge in [-0.15, -0.1) is 0 Å². The molecule has 92 valence electrons. The van der Waals surface area contributed by atoms with E-state index in [0.717, 1.165) is 23.1 Å². The Bertz CT molecular complexity index is 433. The number of aliphatic carboxylic acids is 1. The zero-order chi connectivity index (χ0) is 12.6. The van der Waals surface area contributed by atoms with E-state index < -0.39 is 12.0 Å². The highest BCUT2D eigenvalue weighted by atomic mass is 16.4. The lowest BCUT2D eigenvalue weighted by atomic mass is 9.99. The van der Waals surface area contributed by atoms with E-state index in [1.807, 2.05) is 26.0 Å². The van der Waals surface area contributed by atoms with Crippen molar-refractivity contribution in [2.45, 2.75) is 38.8 Å². The monoisotopic (exact) mass is 235 g/mol. The van der Waals surface area contributed by atoms with Gasteiger partial charge in [0.15, 0.2) is 0 Å². The second kappa shape index (κ2) is 4.37. The number of rotatable bonds is 2. The highest BCUT2D eigenvalue weighted by Gasteiger charge is 2.29. The fraction of sp³-hybridized carbons (Fsp3) is 0.462. The summed E-state index contributed by atoms with van der Waals surface area (Å²) in [4.78, 5) is 10.9. The third-order valence-corrected chi connectivity index (χ3v) is 3.36. The van der Waals surface area contributed by atoms with Crippen LogP contribution >= 0.6 is 0 Å². The fourth-order valence-corrected chi connectivity index (χ4v) is 2.39.